The number of aliphatic hydroxyl groups excluding tert-OH is 1. The van der Waals surface area contributed by atoms with Crippen molar-refractivity contribution in [2.75, 3.05) is 0 Å². The fourth-order valence-corrected chi connectivity index (χ4v) is 1.07. The molecule has 0 saturated heterocycles. The van der Waals surface area contributed by atoms with Gasteiger partial charge < -0.3 is 15.2 Å². The predicted molar refractivity (Wildman–Crippen MR) is 59.7 cm³/mol. The molecule has 0 spiro atoms. The summed E-state index contributed by atoms with van der Waals surface area (Å²) in [5.74, 6) is 0. The van der Waals surface area contributed by atoms with Crippen LogP contribution >= 0.6 is 0 Å². The highest BCUT2D eigenvalue weighted by molar-refractivity contribution is 5.67. The third-order valence-corrected chi connectivity index (χ3v) is 1.78. The van der Waals surface area contributed by atoms with Crippen LogP contribution in [0.5, 0.6) is 0 Å². The molecular weight excluding hydrogens is 194 g/mol. The summed E-state index contributed by atoms with van der Waals surface area (Å²) in [6.45, 7) is 9.11. The van der Waals surface area contributed by atoms with Crippen LogP contribution in [0, 0.1) is 0 Å². The first kappa shape index (κ1) is 14.2. The number of carbonyl (C=O) groups is 1. The lowest BCUT2D eigenvalue weighted by Gasteiger charge is -2.22. The van der Waals surface area contributed by atoms with Crippen LogP contribution in [-0.4, -0.2) is 28.9 Å². The molecule has 0 rings (SSSR count). The van der Waals surface area contributed by atoms with Gasteiger partial charge in [0.1, 0.15) is 5.60 Å². The minimum absolute atomic E-state index is 0.0226. The summed E-state index contributed by atoms with van der Waals surface area (Å²) in [7, 11) is 0. The van der Waals surface area contributed by atoms with E-state index in [1.165, 1.54) is 0 Å². The van der Waals surface area contributed by atoms with Gasteiger partial charge in [-0.25, -0.2) is 4.79 Å². The lowest BCUT2D eigenvalue weighted by atomic mass is 10.1. The lowest BCUT2D eigenvalue weighted by molar-refractivity contribution is 0.0501. The molecule has 2 N–H and O–H groups in total. The van der Waals surface area contributed by atoms with E-state index in [0.29, 0.717) is 6.42 Å². The average Bonchev–Trinajstić information content (AvgIpc) is 1.96. The Balaban J connectivity index is 3.77. The fourth-order valence-electron chi connectivity index (χ4n) is 1.07. The maximum Gasteiger partial charge on any atom is 0.407 e. The Hall–Kier alpha value is -0.770. The molecule has 0 aliphatic rings. The lowest BCUT2D eigenvalue weighted by Crippen LogP contribution is -2.37. The zero-order chi connectivity index (χ0) is 12.1. The highest BCUT2D eigenvalue weighted by Gasteiger charge is 2.17. The van der Waals surface area contributed by atoms with E-state index in [4.69, 9.17) is 9.84 Å². The number of aliphatic hydroxyl groups is 1. The van der Waals surface area contributed by atoms with Crippen molar-refractivity contribution in [2.45, 2.75) is 65.2 Å². The van der Waals surface area contributed by atoms with Gasteiger partial charge >= 0.3 is 6.09 Å². The van der Waals surface area contributed by atoms with E-state index in [1.54, 1.807) is 6.92 Å². The van der Waals surface area contributed by atoms with Gasteiger partial charge in [-0.05, 0) is 47.5 Å². The number of ether oxygens (including phenoxy) is 1. The van der Waals surface area contributed by atoms with Crippen molar-refractivity contribution in [1.29, 1.82) is 0 Å². The van der Waals surface area contributed by atoms with Crippen molar-refractivity contribution in [1.82, 2.24) is 5.32 Å². The molecule has 0 heterocycles. The van der Waals surface area contributed by atoms with E-state index in [9.17, 15) is 4.79 Å². The minimum Gasteiger partial charge on any atom is -0.444 e. The Morgan fingerprint density at radius 2 is 1.87 bits per heavy atom. The van der Waals surface area contributed by atoms with E-state index in [2.05, 4.69) is 5.32 Å². The second-order valence-electron chi connectivity index (χ2n) is 4.97. The van der Waals surface area contributed by atoms with Gasteiger partial charge in [0.25, 0.3) is 0 Å². The van der Waals surface area contributed by atoms with E-state index in [1.807, 2.05) is 27.7 Å². The maximum absolute atomic E-state index is 11.3. The number of nitrogens with one attached hydrogen (secondary N) is 1. The Morgan fingerprint density at radius 1 is 1.33 bits per heavy atom. The molecule has 4 nitrogen and oxygen atoms in total. The van der Waals surface area contributed by atoms with Gasteiger partial charge in [0, 0.05) is 6.04 Å². The molecule has 1 unspecified atom stereocenters. The van der Waals surface area contributed by atoms with E-state index >= 15 is 0 Å². The topological polar surface area (TPSA) is 58.6 Å². The SMILES string of the molecule is CC(CC[C@@H](C)O)NC(=O)OC(C)(C)C. The molecule has 90 valence electrons. The summed E-state index contributed by atoms with van der Waals surface area (Å²) < 4.78 is 5.10. The Morgan fingerprint density at radius 3 is 2.27 bits per heavy atom. The van der Waals surface area contributed by atoms with Gasteiger partial charge in [-0.1, -0.05) is 0 Å². The number of rotatable bonds is 4. The van der Waals surface area contributed by atoms with Crippen LogP contribution in [0.1, 0.15) is 47.5 Å². The Kier molecular flexibility index (Phi) is 5.65. The second-order valence-corrected chi connectivity index (χ2v) is 4.97. The number of alkyl carbamates (subject to hydrolysis) is 1. The zero-order valence-corrected chi connectivity index (χ0v) is 10.3. The first-order valence-corrected chi connectivity index (χ1v) is 5.38. The first-order chi connectivity index (χ1) is 6.70. The summed E-state index contributed by atoms with van der Waals surface area (Å²) >= 11 is 0. The highest BCUT2D eigenvalue weighted by Crippen LogP contribution is 2.07. The highest BCUT2D eigenvalue weighted by atomic mass is 16.6. The van der Waals surface area contributed by atoms with Crippen LogP contribution < -0.4 is 5.32 Å². The van der Waals surface area contributed by atoms with Crippen molar-refractivity contribution < 1.29 is 14.6 Å². The zero-order valence-electron chi connectivity index (χ0n) is 10.3. The predicted octanol–water partition coefficient (Wildman–Crippen LogP) is 2.06. The smallest absolute Gasteiger partial charge is 0.407 e. The monoisotopic (exact) mass is 217 g/mol. The van der Waals surface area contributed by atoms with Crippen molar-refractivity contribution in [2.24, 2.45) is 0 Å². The van der Waals surface area contributed by atoms with Crippen LogP contribution in [0.4, 0.5) is 4.79 Å². The summed E-state index contributed by atoms with van der Waals surface area (Å²) in [5, 5.41) is 11.8. The van der Waals surface area contributed by atoms with Crippen LogP contribution in [0.3, 0.4) is 0 Å². The van der Waals surface area contributed by atoms with E-state index < -0.39 is 11.7 Å². The molecule has 1 amide bonds. The molecule has 0 aliphatic heterocycles. The molecule has 0 aliphatic carbocycles. The Bertz CT molecular complexity index is 196. The Labute approximate surface area is 92.0 Å². The standard InChI is InChI=1S/C11H23NO3/c1-8(6-7-9(2)13)12-10(14)15-11(3,4)5/h8-9,13H,6-7H2,1-5H3,(H,12,14)/t8?,9-/m1/s1. The largest absolute Gasteiger partial charge is 0.444 e. The summed E-state index contributed by atoms with van der Waals surface area (Å²) in [5.41, 5.74) is -0.464. The molecule has 0 aromatic heterocycles. The van der Waals surface area contributed by atoms with Gasteiger partial charge in [0.05, 0.1) is 6.10 Å². The molecule has 0 saturated carbocycles. The molecule has 2 atom stereocenters. The third-order valence-electron chi connectivity index (χ3n) is 1.78. The molecule has 0 aromatic carbocycles. The maximum atomic E-state index is 11.3. The third kappa shape index (κ3) is 9.53. The van der Waals surface area contributed by atoms with Crippen LogP contribution in [0.2, 0.25) is 0 Å². The minimum atomic E-state index is -0.464. The number of amides is 1. The van der Waals surface area contributed by atoms with E-state index in [-0.39, 0.29) is 12.1 Å². The molecule has 0 radical (unpaired) electrons. The number of hydrogen-bond acceptors (Lipinski definition) is 3. The average molecular weight is 217 g/mol. The summed E-state index contributed by atoms with van der Waals surface area (Å²) in [4.78, 5) is 11.3. The molecular formula is C11H23NO3. The molecule has 0 bridgehead atoms. The fraction of sp³-hybridized carbons (Fsp3) is 0.909. The van der Waals surface area contributed by atoms with E-state index in [0.717, 1.165) is 6.42 Å². The first-order valence-electron chi connectivity index (χ1n) is 5.38. The van der Waals surface area contributed by atoms with Gasteiger partial charge in [-0.3, -0.25) is 0 Å². The molecule has 15 heavy (non-hydrogen) atoms. The number of carbonyl (C=O) groups excluding carboxylic acids is 1. The van der Waals surface area contributed by atoms with Crippen molar-refractivity contribution in [3.8, 4) is 0 Å². The van der Waals surface area contributed by atoms with Crippen molar-refractivity contribution >= 4 is 6.09 Å². The van der Waals surface area contributed by atoms with Crippen molar-refractivity contribution in [3.05, 3.63) is 0 Å². The quantitative estimate of drug-likeness (QED) is 0.757. The van der Waals surface area contributed by atoms with Gasteiger partial charge in [0.15, 0.2) is 0 Å². The van der Waals surface area contributed by atoms with Crippen molar-refractivity contribution in [3.63, 3.8) is 0 Å². The normalized spacial score (nSPS) is 15.6. The van der Waals surface area contributed by atoms with Crippen LogP contribution in [0.15, 0.2) is 0 Å². The van der Waals surface area contributed by atoms with Crippen LogP contribution in [0.25, 0.3) is 0 Å². The number of hydrogen-bond donors (Lipinski definition) is 2. The second kappa shape index (κ2) is 5.95. The van der Waals surface area contributed by atoms with Gasteiger partial charge in [-0.15, -0.1) is 0 Å². The molecule has 4 heteroatoms. The van der Waals surface area contributed by atoms with Gasteiger partial charge in [-0.2, -0.15) is 0 Å². The molecule has 0 fully saturated rings. The van der Waals surface area contributed by atoms with Gasteiger partial charge in [0.2, 0.25) is 0 Å². The molecule has 0 aromatic rings. The summed E-state index contributed by atoms with van der Waals surface area (Å²) in [6.07, 6.45) is 0.696. The van der Waals surface area contributed by atoms with Crippen LogP contribution in [-0.2, 0) is 4.74 Å². The summed E-state index contributed by atoms with van der Waals surface area (Å²) in [6, 6.07) is 0.0226.